The van der Waals surface area contributed by atoms with E-state index in [0.717, 1.165) is 30.3 Å². The zero-order valence-corrected chi connectivity index (χ0v) is 13.8. The van der Waals surface area contributed by atoms with E-state index in [1.54, 1.807) is 0 Å². The molecule has 0 radical (unpaired) electrons. The molecule has 118 valence electrons. The number of amides is 1. The quantitative estimate of drug-likeness (QED) is 0.834. The van der Waals surface area contributed by atoms with Crippen LogP contribution < -0.4 is 10.6 Å². The topological polar surface area (TPSA) is 41.1 Å². The first-order valence-corrected chi connectivity index (χ1v) is 7.77. The summed E-state index contributed by atoms with van der Waals surface area (Å²) in [6.07, 6.45) is 4.34. The number of hydrogen-bond acceptors (Lipinski definition) is 2. The fourth-order valence-corrected chi connectivity index (χ4v) is 3.03. The minimum Gasteiger partial charge on any atom is -0.326 e. The Hall–Kier alpha value is -1.06. The second kappa shape index (κ2) is 9.06. The van der Waals surface area contributed by atoms with Gasteiger partial charge < -0.3 is 10.6 Å². The lowest BCUT2D eigenvalue weighted by Crippen LogP contribution is -2.18. The van der Waals surface area contributed by atoms with Gasteiger partial charge >= 0.3 is 0 Å². The van der Waals surface area contributed by atoms with E-state index < -0.39 is 0 Å². The van der Waals surface area contributed by atoms with Gasteiger partial charge in [-0.05, 0) is 42.9 Å². The number of rotatable bonds is 6. The molecule has 1 aromatic rings. The summed E-state index contributed by atoms with van der Waals surface area (Å²) in [4.78, 5) is 12.2. The van der Waals surface area contributed by atoms with Crippen LogP contribution in [0.5, 0.6) is 0 Å². The average Bonchev–Trinajstić information content (AvgIpc) is 2.83. The molecule has 2 unspecified atom stereocenters. The number of hydrogen-bond donors (Lipinski definition) is 2. The Morgan fingerprint density at radius 1 is 1.29 bits per heavy atom. The number of carbonyl (C=O) groups excluding carboxylic acids is 1. The van der Waals surface area contributed by atoms with Crippen LogP contribution in [-0.2, 0) is 11.3 Å². The highest BCUT2D eigenvalue weighted by atomic mass is 35.5. The molecule has 0 spiro atoms. The molecule has 1 aliphatic rings. The van der Waals surface area contributed by atoms with E-state index in [2.05, 4.69) is 30.5 Å². The molecule has 1 saturated carbocycles. The standard InChI is InChI=1S/C17H26N2O.ClH/c1-3-18-12-15-6-4-5-7-16(15)19-17(20)11-14-9-8-13(2)10-14;/h4-7,13-14,18H,3,8-12H2,1-2H3,(H,19,20);1H. The Kier molecular flexibility index (Phi) is 7.76. The van der Waals surface area contributed by atoms with Gasteiger partial charge in [0.15, 0.2) is 0 Å². The monoisotopic (exact) mass is 310 g/mol. The van der Waals surface area contributed by atoms with Gasteiger partial charge in [0.25, 0.3) is 0 Å². The van der Waals surface area contributed by atoms with Crippen molar-refractivity contribution in [3.8, 4) is 0 Å². The maximum atomic E-state index is 12.2. The highest BCUT2D eigenvalue weighted by Crippen LogP contribution is 2.32. The second-order valence-corrected chi connectivity index (χ2v) is 5.97. The molecule has 4 heteroatoms. The molecule has 0 aliphatic heterocycles. The highest BCUT2D eigenvalue weighted by Gasteiger charge is 2.23. The van der Waals surface area contributed by atoms with Crippen molar-refractivity contribution in [2.24, 2.45) is 11.8 Å². The maximum Gasteiger partial charge on any atom is 0.224 e. The lowest BCUT2D eigenvalue weighted by atomic mass is 10.0. The van der Waals surface area contributed by atoms with Crippen LogP contribution in [0, 0.1) is 11.8 Å². The van der Waals surface area contributed by atoms with Crippen molar-refractivity contribution >= 4 is 24.0 Å². The Labute approximate surface area is 134 Å². The van der Waals surface area contributed by atoms with Crippen LogP contribution in [0.2, 0.25) is 0 Å². The molecular formula is C17H27ClN2O. The van der Waals surface area contributed by atoms with Gasteiger partial charge in [-0.25, -0.2) is 0 Å². The number of nitrogens with one attached hydrogen (secondary N) is 2. The Morgan fingerprint density at radius 2 is 2.05 bits per heavy atom. The van der Waals surface area contributed by atoms with E-state index in [9.17, 15) is 4.79 Å². The fourth-order valence-electron chi connectivity index (χ4n) is 3.03. The second-order valence-electron chi connectivity index (χ2n) is 5.97. The number of carbonyl (C=O) groups is 1. The van der Waals surface area contributed by atoms with E-state index in [0.29, 0.717) is 12.3 Å². The first kappa shape index (κ1) is 18.0. The van der Waals surface area contributed by atoms with E-state index in [4.69, 9.17) is 0 Å². The lowest BCUT2D eigenvalue weighted by Gasteiger charge is -2.13. The van der Waals surface area contributed by atoms with Crippen molar-refractivity contribution in [2.45, 2.75) is 46.1 Å². The molecule has 2 N–H and O–H groups in total. The number of anilines is 1. The Bertz CT molecular complexity index is 450. The van der Waals surface area contributed by atoms with Gasteiger partial charge in [-0.1, -0.05) is 38.5 Å². The Morgan fingerprint density at radius 3 is 2.71 bits per heavy atom. The van der Waals surface area contributed by atoms with Crippen LogP contribution in [-0.4, -0.2) is 12.5 Å². The minimum absolute atomic E-state index is 0. The molecule has 1 amide bonds. The predicted molar refractivity (Wildman–Crippen MR) is 90.8 cm³/mol. The van der Waals surface area contributed by atoms with Crippen molar-refractivity contribution in [1.29, 1.82) is 0 Å². The minimum atomic E-state index is 0. The summed E-state index contributed by atoms with van der Waals surface area (Å²) >= 11 is 0. The number of halogens is 1. The van der Waals surface area contributed by atoms with Crippen LogP contribution in [0.4, 0.5) is 5.69 Å². The molecule has 3 nitrogen and oxygen atoms in total. The first-order chi connectivity index (χ1) is 9.69. The van der Waals surface area contributed by atoms with Gasteiger partial charge in [0, 0.05) is 18.7 Å². The third-order valence-corrected chi connectivity index (χ3v) is 4.13. The van der Waals surface area contributed by atoms with Crippen molar-refractivity contribution in [3.05, 3.63) is 29.8 Å². The third kappa shape index (κ3) is 5.68. The van der Waals surface area contributed by atoms with E-state index in [1.807, 2.05) is 18.2 Å². The highest BCUT2D eigenvalue weighted by molar-refractivity contribution is 5.91. The molecule has 0 aromatic heterocycles. The number of benzene rings is 1. The van der Waals surface area contributed by atoms with E-state index >= 15 is 0 Å². The molecule has 21 heavy (non-hydrogen) atoms. The molecular weight excluding hydrogens is 284 g/mol. The van der Waals surface area contributed by atoms with Crippen LogP contribution in [0.1, 0.15) is 45.1 Å². The summed E-state index contributed by atoms with van der Waals surface area (Å²) in [6, 6.07) is 8.04. The van der Waals surface area contributed by atoms with Crippen LogP contribution >= 0.6 is 12.4 Å². The largest absolute Gasteiger partial charge is 0.326 e. The molecule has 0 bridgehead atoms. The van der Waals surface area contributed by atoms with Crippen molar-refractivity contribution in [1.82, 2.24) is 5.32 Å². The van der Waals surface area contributed by atoms with Gasteiger partial charge in [-0.3, -0.25) is 4.79 Å². The summed E-state index contributed by atoms with van der Waals surface area (Å²) in [7, 11) is 0. The summed E-state index contributed by atoms with van der Waals surface area (Å²) in [6.45, 7) is 6.10. The summed E-state index contributed by atoms with van der Waals surface area (Å²) in [5, 5.41) is 6.39. The van der Waals surface area contributed by atoms with Gasteiger partial charge in [0.05, 0.1) is 0 Å². The van der Waals surface area contributed by atoms with Gasteiger partial charge in [-0.15, -0.1) is 12.4 Å². The molecule has 0 heterocycles. The smallest absolute Gasteiger partial charge is 0.224 e. The van der Waals surface area contributed by atoms with Gasteiger partial charge in [0.2, 0.25) is 5.91 Å². The molecule has 1 aliphatic carbocycles. The van der Waals surface area contributed by atoms with Crippen LogP contribution in [0.3, 0.4) is 0 Å². The van der Waals surface area contributed by atoms with Crippen LogP contribution in [0.15, 0.2) is 24.3 Å². The van der Waals surface area contributed by atoms with Crippen molar-refractivity contribution < 1.29 is 4.79 Å². The summed E-state index contributed by atoms with van der Waals surface area (Å²) in [5.41, 5.74) is 2.10. The van der Waals surface area contributed by atoms with Gasteiger partial charge in [0.1, 0.15) is 0 Å². The lowest BCUT2D eigenvalue weighted by molar-refractivity contribution is -0.117. The zero-order valence-electron chi connectivity index (χ0n) is 13.0. The number of para-hydroxylation sites is 1. The first-order valence-electron chi connectivity index (χ1n) is 7.77. The summed E-state index contributed by atoms with van der Waals surface area (Å²) in [5.74, 6) is 1.52. The predicted octanol–water partition coefficient (Wildman–Crippen LogP) is 3.98. The summed E-state index contributed by atoms with van der Waals surface area (Å²) < 4.78 is 0. The molecule has 2 rings (SSSR count). The van der Waals surface area contributed by atoms with Crippen molar-refractivity contribution in [2.75, 3.05) is 11.9 Å². The Balaban J connectivity index is 0.00000220. The van der Waals surface area contributed by atoms with Crippen molar-refractivity contribution in [3.63, 3.8) is 0 Å². The molecule has 1 aromatic carbocycles. The van der Waals surface area contributed by atoms with Crippen LogP contribution in [0.25, 0.3) is 0 Å². The van der Waals surface area contributed by atoms with E-state index in [-0.39, 0.29) is 18.3 Å². The fraction of sp³-hybridized carbons (Fsp3) is 0.588. The SMILES string of the molecule is CCNCc1ccccc1NC(=O)CC1CCC(C)C1.Cl. The molecule has 1 fully saturated rings. The van der Waals surface area contributed by atoms with Gasteiger partial charge in [-0.2, -0.15) is 0 Å². The molecule has 2 atom stereocenters. The molecule has 0 saturated heterocycles. The zero-order chi connectivity index (χ0) is 14.4. The van der Waals surface area contributed by atoms with E-state index in [1.165, 1.54) is 19.3 Å². The third-order valence-electron chi connectivity index (χ3n) is 4.13. The normalized spacial score (nSPS) is 20.9. The maximum absolute atomic E-state index is 12.2. The average molecular weight is 311 g/mol.